The number of aryl methyl sites for hydroxylation is 1. The first-order valence-electron chi connectivity index (χ1n) is 4.42. The maximum Gasteiger partial charge on any atom is 0.410 e. The molecule has 1 unspecified atom stereocenters. The predicted octanol–water partition coefficient (Wildman–Crippen LogP) is 1.98. The van der Waals surface area contributed by atoms with Gasteiger partial charge in [0.25, 0.3) is 5.56 Å². The third-order valence-corrected chi connectivity index (χ3v) is 2.56. The van der Waals surface area contributed by atoms with E-state index < -0.39 is 24.3 Å². The summed E-state index contributed by atoms with van der Waals surface area (Å²) in [5.74, 6) is 0. The van der Waals surface area contributed by atoms with Gasteiger partial charge in [-0.05, 0) is 28.9 Å². The summed E-state index contributed by atoms with van der Waals surface area (Å²) in [6.45, 7) is 0.785. The van der Waals surface area contributed by atoms with Crippen molar-refractivity contribution in [3.8, 4) is 0 Å². The van der Waals surface area contributed by atoms with Crippen LogP contribution in [0.3, 0.4) is 0 Å². The molecule has 1 atom stereocenters. The molecule has 0 aliphatic rings. The summed E-state index contributed by atoms with van der Waals surface area (Å²) in [6.07, 6.45) is -3.44. The zero-order valence-corrected chi connectivity index (χ0v) is 9.97. The minimum Gasteiger partial charge on any atom is -0.328 e. The molecule has 0 aliphatic carbocycles. The molecule has 1 aromatic heterocycles. The molecule has 16 heavy (non-hydrogen) atoms. The van der Waals surface area contributed by atoms with E-state index in [1.54, 1.807) is 0 Å². The van der Waals surface area contributed by atoms with Crippen molar-refractivity contribution in [2.75, 3.05) is 6.54 Å². The maximum atomic E-state index is 12.6. The van der Waals surface area contributed by atoms with Crippen molar-refractivity contribution in [3.05, 3.63) is 32.7 Å². The third-order valence-electron chi connectivity index (χ3n) is 2.13. The number of rotatable bonds is 2. The van der Waals surface area contributed by atoms with Crippen molar-refractivity contribution in [1.29, 1.82) is 0 Å². The number of hydrogen-bond donors (Lipinski definition) is 1. The van der Waals surface area contributed by atoms with Crippen molar-refractivity contribution < 1.29 is 13.2 Å². The van der Waals surface area contributed by atoms with Crippen LogP contribution in [0.5, 0.6) is 0 Å². The second-order valence-corrected chi connectivity index (χ2v) is 4.26. The average molecular weight is 299 g/mol. The van der Waals surface area contributed by atoms with Gasteiger partial charge in [-0.25, -0.2) is 0 Å². The number of alkyl halides is 3. The summed E-state index contributed by atoms with van der Waals surface area (Å²) in [4.78, 5) is 11.6. The van der Waals surface area contributed by atoms with Crippen LogP contribution in [0.2, 0.25) is 0 Å². The Morgan fingerprint density at radius 3 is 2.56 bits per heavy atom. The summed E-state index contributed by atoms with van der Waals surface area (Å²) in [5.41, 5.74) is 4.61. The van der Waals surface area contributed by atoms with E-state index >= 15 is 0 Å². The molecule has 1 heterocycles. The first-order valence-corrected chi connectivity index (χ1v) is 5.21. The Morgan fingerprint density at radius 2 is 2.12 bits per heavy atom. The Hall–Kier alpha value is -0.820. The Morgan fingerprint density at radius 1 is 1.56 bits per heavy atom. The van der Waals surface area contributed by atoms with E-state index in [1.807, 2.05) is 0 Å². The van der Waals surface area contributed by atoms with Crippen LogP contribution in [-0.4, -0.2) is 17.3 Å². The number of aromatic nitrogens is 1. The Balaban J connectivity index is 3.37. The topological polar surface area (TPSA) is 48.0 Å². The highest BCUT2D eigenvalue weighted by Gasteiger charge is 2.40. The number of hydrogen-bond acceptors (Lipinski definition) is 2. The molecule has 0 radical (unpaired) electrons. The molecule has 0 spiro atoms. The molecule has 1 rings (SSSR count). The normalized spacial score (nSPS) is 13.9. The lowest BCUT2D eigenvalue weighted by Crippen LogP contribution is -2.39. The van der Waals surface area contributed by atoms with E-state index in [-0.39, 0.29) is 5.56 Å². The monoisotopic (exact) mass is 298 g/mol. The Labute approximate surface area is 98.2 Å². The number of pyridine rings is 1. The van der Waals surface area contributed by atoms with E-state index in [2.05, 4.69) is 15.9 Å². The van der Waals surface area contributed by atoms with Crippen molar-refractivity contribution in [1.82, 2.24) is 4.57 Å². The van der Waals surface area contributed by atoms with Gasteiger partial charge in [0.15, 0.2) is 0 Å². The zero-order chi connectivity index (χ0) is 12.5. The van der Waals surface area contributed by atoms with Crippen molar-refractivity contribution in [2.24, 2.45) is 5.73 Å². The van der Waals surface area contributed by atoms with E-state index in [9.17, 15) is 18.0 Å². The van der Waals surface area contributed by atoms with Gasteiger partial charge in [0, 0.05) is 22.8 Å². The minimum atomic E-state index is -4.54. The third kappa shape index (κ3) is 2.65. The number of nitrogens with two attached hydrogens (primary N) is 1. The molecule has 0 saturated heterocycles. The van der Waals surface area contributed by atoms with Crippen LogP contribution in [0.1, 0.15) is 11.6 Å². The van der Waals surface area contributed by atoms with Crippen molar-refractivity contribution >= 4 is 15.9 Å². The van der Waals surface area contributed by atoms with Gasteiger partial charge in [0.2, 0.25) is 0 Å². The largest absolute Gasteiger partial charge is 0.410 e. The van der Waals surface area contributed by atoms with Crippen molar-refractivity contribution in [3.63, 3.8) is 0 Å². The van der Waals surface area contributed by atoms with Crippen LogP contribution in [0, 0.1) is 6.92 Å². The lowest BCUT2D eigenvalue weighted by atomic mass is 10.2. The SMILES string of the molecule is Cc1cc(Br)cn(C(CN)C(F)(F)F)c1=O. The first kappa shape index (κ1) is 13.2. The standard InChI is InChI=1S/C9H10BrF3N2O/c1-5-2-6(10)4-15(8(5)16)7(3-14)9(11,12)13/h2,4,7H,3,14H2,1H3. The maximum absolute atomic E-state index is 12.6. The lowest BCUT2D eigenvalue weighted by molar-refractivity contribution is -0.165. The quantitative estimate of drug-likeness (QED) is 0.908. The van der Waals surface area contributed by atoms with Crippen LogP contribution >= 0.6 is 15.9 Å². The molecule has 7 heteroatoms. The van der Waals surface area contributed by atoms with Gasteiger partial charge >= 0.3 is 6.18 Å². The average Bonchev–Trinajstić information content (AvgIpc) is 2.11. The zero-order valence-electron chi connectivity index (χ0n) is 8.38. The number of nitrogens with zero attached hydrogens (tertiary/aromatic N) is 1. The van der Waals surface area contributed by atoms with Gasteiger partial charge in [0.05, 0.1) is 0 Å². The second-order valence-electron chi connectivity index (χ2n) is 3.35. The Bertz CT molecular complexity index is 441. The van der Waals surface area contributed by atoms with Crippen LogP contribution < -0.4 is 11.3 Å². The first-order chi connectivity index (χ1) is 7.27. The highest BCUT2D eigenvalue weighted by Crippen LogP contribution is 2.29. The molecule has 0 aromatic carbocycles. The summed E-state index contributed by atoms with van der Waals surface area (Å²) in [6, 6.07) is -0.529. The summed E-state index contributed by atoms with van der Waals surface area (Å²) in [5, 5.41) is 0. The van der Waals surface area contributed by atoms with Crippen LogP contribution in [-0.2, 0) is 0 Å². The molecular formula is C9H10BrF3N2O. The number of halogens is 4. The molecular weight excluding hydrogens is 289 g/mol. The summed E-state index contributed by atoms with van der Waals surface area (Å²) < 4.78 is 38.8. The highest BCUT2D eigenvalue weighted by molar-refractivity contribution is 9.10. The van der Waals surface area contributed by atoms with Gasteiger partial charge in [-0.1, -0.05) is 0 Å². The molecule has 0 amide bonds. The fraction of sp³-hybridized carbons (Fsp3) is 0.444. The van der Waals surface area contributed by atoms with Gasteiger partial charge in [-0.2, -0.15) is 13.2 Å². The van der Waals surface area contributed by atoms with E-state index in [0.717, 1.165) is 6.20 Å². The van der Waals surface area contributed by atoms with Crippen molar-refractivity contribution in [2.45, 2.75) is 19.1 Å². The highest BCUT2D eigenvalue weighted by atomic mass is 79.9. The van der Waals surface area contributed by atoms with E-state index in [4.69, 9.17) is 5.73 Å². The van der Waals surface area contributed by atoms with E-state index in [0.29, 0.717) is 9.04 Å². The fourth-order valence-electron chi connectivity index (χ4n) is 1.34. The van der Waals surface area contributed by atoms with Crippen LogP contribution in [0.4, 0.5) is 13.2 Å². The molecule has 1 aromatic rings. The van der Waals surface area contributed by atoms with Gasteiger partial charge in [-0.3, -0.25) is 4.79 Å². The lowest BCUT2D eigenvalue weighted by Gasteiger charge is -2.21. The fourth-order valence-corrected chi connectivity index (χ4v) is 1.90. The van der Waals surface area contributed by atoms with Crippen LogP contribution in [0.25, 0.3) is 0 Å². The van der Waals surface area contributed by atoms with Gasteiger partial charge in [0.1, 0.15) is 6.04 Å². The second kappa shape index (κ2) is 4.58. The predicted molar refractivity (Wildman–Crippen MR) is 57.3 cm³/mol. The summed E-state index contributed by atoms with van der Waals surface area (Å²) >= 11 is 3.04. The van der Waals surface area contributed by atoms with Crippen LogP contribution in [0.15, 0.2) is 21.5 Å². The van der Waals surface area contributed by atoms with Gasteiger partial charge in [-0.15, -0.1) is 0 Å². The Kier molecular flexibility index (Phi) is 3.80. The molecule has 3 nitrogen and oxygen atoms in total. The van der Waals surface area contributed by atoms with E-state index in [1.165, 1.54) is 13.0 Å². The molecule has 0 saturated carbocycles. The smallest absolute Gasteiger partial charge is 0.328 e. The molecule has 90 valence electrons. The molecule has 0 aliphatic heterocycles. The molecule has 2 N–H and O–H groups in total. The van der Waals surface area contributed by atoms with Gasteiger partial charge < -0.3 is 10.3 Å². The molecule has 0 bridgehead atoms. The minimum absolute atomic E-state index is 0.233. The molecule has 0 fully saturated rings. The summed E-state index contributed by atoms with van der Waals surface area (Å²) in [7, 11) is 0.